The van der Waals surface area contributed by atoms with Crippen LogP contribution in [0.3, 0.4) is 0 Å². The van der Waals surface area contributed by atoms with Gasteiger partial charge in [0.2, 0.25) is 5.91 Å². The van der Waals surface area contributed by atoms with E-state index < -0.39 is 15.8 Å². The SMILES string of the molecule is CCCOc1ccc(NC(=O)C2CCS(=O)(=O)C2)c(C)c1. The molecule has 1 amide bonds. The predicted octanol–water partition coefficient (Wildman–Crippen LogP) is 2.16. The monoisotopic (exact) mass is 311 g/mol. The Labute approximate surface area is 125 Å². The van der Waals surface area contributed by atoms with Crippen molar-refractivity contribution in [1.82, 2.24) is 0 Å². The summed E-state index contributed by atoms with van der Waals surface area (Å²) in [5.41, 5.74) is 1.60. The van der Waals surface area contributed by atoms with Crippen LogP contribution >= 0.6 is 0 Å². The van der Waals surface area contributed by atoms with Gasteiger partial charge < -0.3 is 10.1 Å². The highest BCUT2D eigenvalue weighted by Crippen LogP contribution is 2.24. The molecule has 1 aliphatic rings. The number of ether oxygens (including phenoxy) is 1. The molecule has 0 radical (unpaired) electrons. The van der Waals surface area contributed by atoms with Gasteiger partial charge in [-0.3, -0.25) is 4.79 Å². The van der Waals surface area contributed by atoms with Crippen molar-refractivity contribution in [1.29, 1.82) is 0 Å². The zero-order chi connectivity index (χ0) is 15.5. The normalized spacial score (nSPS) is 20.2. The molecule has 1 aliphatic heterocycles. The molecule has 2 rings (SSSR count). The van der Waals surface area contributed by atoms with Crippen molar-refractivity contribution >= 4 is 21.4 Å². The van der Waals surface area contributed by atoms with Gasteiger partial charge in [0.15, 0.2) is 9.84 Å². The lowest BCUT2D eigenvalue weighted by molar-refractivity contribution is -0.119. The summed E-state index contributed by atoms with van der Waals surface area (Å²) in [6.07, 6.45) is 1.35. The maximum Gasteiger partial charge on any atom is 0.228 e. The number of carbonyl (C=O) groups is 1. The van der Waals surface area contributed by atoms with Crippen LogP contribution in [0.4, 0.5) is 5.69 Å². The molecule has 1 aromatic carbocycles. The number of nitrogens with one attached hydrogen (secondary N) is 1. The number of rotatable bonds is 5. The first kappa shape index (κ1) is 15.8. The van der Waals surface area contributed by atoms with Gasteiger partial charge in [0.05, 0.1) is 24.0 Å². The van der Waals surface area contributed by atoms with Crippen LogP contribution in [-0.2, 0) is 14.6 Å². The highest BCUT2D eigenvalue weighted by molar-refractivity contribution is 7.91. The molecule has 1 N–H and O–H groups in total. The smallest absolute Gasteiger partial charge is 0.228 e. The van der Waals surface area contributed by atoms with E-state index in [0.717, 1.165) is 17.7 Å². The second-order valence-corrected chi connectivity index (χ2v) is 7.64. The van der Waals surface area contributed by atoms with Crippen molar-refractivity contribution < 1.29 is 17.9 Å². The summed E-state index contributed by atoms with van der Waals surface area (Å²) in [5.74, 6) is 0.172. The number of hydrogen-bond acceptors (Lipinski definition) is 4. The van der Waals surface area contributed by atoms with Gasteiger partial charge in [-0.25, -0.2) is 8.42 Å². The van der Waals surface area contributed by atoms with E-state index in [-0.39, 0.29) is 17.4 Å². The van der Waals surface area contributed by atoms with Crippen LogP contribution in [0.25, 0.3) is 0 Å². The first-order valence-electron chi connectivity index (χ1n) is 7.16. The summed E-state index contributed by atoms with van der Waals surface area (Å²) in [7, 11) is -3.04. The molecule has 1 unspecified atom stereocenters. The van der Waals surface area contributed by atoms with E-state index in [1.807, 2.05) is 26.0 Å². The summed E-state index contributed by atoms with van der Waals surface area (Å²) in [5, 5.41) is 2.81. The fourth-order valence-corrected chi connectivity index (χ4v) is 4.06. The zero-order valence-corrected chi connectivity index (χ0v) is 13.2. The van der Waals surface area contributed by atoms with Crippen LogP contribution in [0, 0.1) is 12.8 Å². The van der Waals surface area contributed by atoms with Crippen LogP contribution in [0.15, 0.2) is 18.2 Å². The second-order valence-electron chi connectivity index (χ2n) is 5.41. The molecule has 0 spiro atoms. The molecule has 1 aromatic rings. The third kappa shape index (κ3) is 4.20. The molecule has 1 heterocycles. The Morgan fingerprint density at radius 2 is 2.19 bits per heavy atom. The van der Waals surface area contributed by atoms with Crippen molar-refractivity contribution in [2.75, 3.05) is 23.4 Å². The van der Waals surface area contributed by atoms with Gasteiger partial charge in [-0.05, 0) is 43.5 Å². The Kier molecular flexibility index (Phi) is 4.88. The highest BCUT2D eigenvalue weighted by Gasteiger charge is 2.33. The Hall–Kier alpha value is -1.56. The van der Waals surface area contributed by atoms with Gasteiger partial charge >= 0.3 is 0 Å². The molecule has 0 bridgehead atoms. The summed E-state index contributed by atoms with van der Waals surface area (Å²) >= 11 is 0. The molecular weight excluding hydrogens is 290 g/mol. The molecule has 0 aliphatic carbocycles. The first-order chi connectivity index (χ1) is 9.91. The maximum atomic E-state index is 12.1. The Balaban J connectivity index is 2.01. The average Bonchev–Trinajstić information content (AvgIpc) is 2.79. The average molecular weight is 311 g/mol. The van der Waals surface area contributed by atoms with Gasteiger partial charge in [0.1, 0.15) is 5.75 Å². The Bertz CT molecular complexity index is 625. The molecular formula is C15H21NO4S. The third-order valence-corrected chi connectivity index (χ3v) is 5.30. The number of aryl methyl sites for hydroxylation is 1. The number of sulfone groups is 1. The quantitative estimate of drug-likeness (QED) is 0.904. The van der Waals surface area contributed by atoms with Gasteiger partial charge in [0.25, 0.3) is 0 Å². The summed E-state index contributed by atoms with van der Waals surface area (Å²) in [4.78, 5) is 12.1. The van der Waals surface area contributed by atoms with Crippen LogP contribution < -0.4 is 10.1 Å². The lowest BCUT2D eigenvalue weighted by Gasteiger charge is -2.13. The first-order valence-corrected chi connectivity index (χ1v) is 8.98. The molecule has 21 heavy (non-hydrogen) atoms. The number of hydrogen-bond donors (Lipinski definition) is 1. The summed E-state index contributed by atoms with van der Waals surface area (Å²) < 4.78 is 28.4. The number of anilines is 1. The lowest BCUT2D eigenvalue weighted by Crippen LogP contribution is -2.24. The van der Waals surface area contributed by atoms with E-state index in [9.17, 15) is 13.2 Å². The fraction of sp³-hybridized carbons (Fsp3) is 0.533. The van der Waals surface area contributed by atoms with E-state index in [1.54, 1.807) is 6.07 Å². The molecule has 0 aromatic heterocycles. The molecule has 1 fully saturated rings. The van der Waals surface area contributed by atoms with E-state index in [4.69, 9.17) is 4.74 Å². The van der Waals surface area contributed by atoms with Gasteiger partial charge in [0, 0.05) is 5.69 Å². The molecule has 6 heteroatoms. The van der Waals surface area contributed by atoms with Crippen molar-refractivity contribution in [2.45, 2.75) is 26.7 Å². The lowest BCUT2D eigenvalue weighted by atomic mass is 10.1. The van der Waals surface area contributed by atoms with Crippen molar-refractivity contribution in [3.05, 3.63) is 23.8 Å². The zero-order valence-electron chi connectivity index (χ0n) is 12.4. The third-order valence-electron chi connectivity index (χ3n) is 3.53. The number of amides is 1. The van der Waals surface area contributed by atoms with E-state index >= 15 is 0 Å². The summed E-state index contributed by atoms with van der Waals surface area (Å²) in [6, 6.07) is 5.47. The molecule has 1 saturated heterocycles. The second kappa shape index (κ2) is 6.47. The minimum absolute atomic E-state index is 0.0461. The van der Waals surface area contributed by atoms with E-state index in [0.29, 0.717) is 18.7 Å². The van der Waals surface area contributed by atoms with E-state index in [2.05, 4.69) is 5.32 Å². The van der Waals surface area contributed by atoms with Crippen LogP contribution in [0.2, 0.25) is 0 Å². The standard InChI is InChI=1S/C15H21NO4S/c1-3-7-20-13-4-5-14(11(2)9-13)16-15(17)12-6-8-21(18,19)10-12/h4-5,9,12H,3,6-8,10H2,1-2H3,(H,16,17). The summed E-state index contributed by atoms with van der Waals surface area (Å²) in [6.45, 7) is 4.59. The molecule has 116 valence electrons. The fourth-order valence-electron chi connectivity index (χ4n) is 2.32. The molecule has 1 atom stereocenters. The molecule has 0 saturated carbocycles. The van der Waals surface area contributed by atoms with Gasteiger partial charge in [-0.1, -0.05) is 6.92 Å². The Morgan fingerprint density at radius 3 is 2.76 bits per heavy atom. The van der Waals surface area contributed by atoms with Gasteiger partial charge in [-0.15, -0.1) is 0 Å². The Morgan fingerprint density at radius 1 is 1.43 bits per heavy atom. The van der Waals surface area contributed by atoms with E-state index in [1.165, 1.54) is 0 Å². The number of carbonyl (C=O) groups excluding carboxylic acids is 1. The predicted molar refractivity (Wildman–Crippen MR) is 82.4 cm³/mol. The van der Waals surface area contributed by atoms with Crippen molar-refractivity contribution in [2.24, 2.45) is 5.92 Å². The maximum absolute atomic E-state index is 12.1. The highest BCUT2D eigenvalue weighted by atomic mass is 32.2. The number of benzene rings is 1. The van der Waals surface area contributed by atoms with Crippen LogP contribution in [-0.4, -0.2) is 32.4 Å². The minimum Gasteiger partial charge on any atom is -0.494 e. The molecule has 5 nitrogen and oxygen atoms in total. The topological polar surface area (TPSA) is 72.5 Å². The van der Waals surface area contributed by atoms with Gasteiger partial charge in [-0.2, -0.15) is 0 Å². The van der Waals surface area contributed by atoms with Crippen molar-refractivity contribution in [3.8, 4) is 5.75 Å². The van der Waals surface area contributed by atoms with Crippen LogP contribution in [0.1, 0.15) is 25.3 Å². The van der Waals surface area contributed by atoms with Crippen LogP contribution in [0.5, 0.6) is 5.75 Å². The van der Waals surface area contributed by atoms with Crippen molar-refractivity contribution in [3.63, 3.8) is 0 Å². The minimum atomic E-state index is -3.04. The largest absolute Gasteiger partial charge is 0.494 e.